The number of hydrogen-bond acceptors (Lipinski definition) is 5. The van der Waals surface area contributed by atoms with Gasteiger partial charge in [0.1, 0.15) is 12.1 Å². The lowest BCUT2D eigenvalue weighted by molar-refractivity contribution is 0.0697. The molecular weight excluding hydrogens is 270 g/mol. The molecule has 1 heterocycles. The summed E-state index contributed by atoms with van der Waals surface area (Å²) in [7, 11) is 1.64. The number of anilines is 1. The Morgan fingerprint density at radius 3 is 2.95 bits per heavy atom. The molecule has 0 aliphatic carbocycles. The molecule has 1 aromatic carbocycles. The van der Waals surface area contributed by atoms with E-state index in [9.17, 15) is 4.79 Å². The molecule has 0 amide bonds. The molecular formula is C15H17N3O3. The van der Waals surface area contributed by atoms with Crippen molar-refractivity contribution in [2.45, 2.75) is 0 Å². The predicted octanol–water partition coefficient (Wildman–Crippen LogP) is 1.97. The summed E-state index contributed by atoms with van der Waals surface area (Å²) in [5.41, 5.74) is 0.811. The van der Waals surface area contributed by atoms with Crippen LogP contribution in [0.5, 0.6) is 0 Å². The van der Waals surface area contributed by atoms with Crippen LogP contribution in [-0.2, 0) is 4.74 Å². The number of methoxy groups -OCH3 is 1. The van der Waals surface area contributed by atoms with Crippen molar-refractivity contribution in [2.24, 2.45) is 0 Å². The second kappa shape index (κ2) is 6.81. The van der Waals surface area contributed by atoms with Crippen LogP contribution < -0.4 is 4.90 Å². The van der Waals surface area contributed by atoms with Gasteiger partial charge in [-0.1, -0.05) is 6.08 Å². The maximum Gasteiger partial charge on any atom is 0.335 e. The lowest BCUT2D eigenvalue weighted by Crippen LogP contribution is -2.28. The van der Waals surface area contributed by atoms with E-state index < -0.39 is 5.97 Å². The van der Waals surface area contributed by atoms with Crippen LogP contribution in [0.4, 0.5) is 5.82 Å². The number of carbonyl (C=O) groups is 1. The molecule has 110 valence electrons. The van der Waals surface area contributed by atoms with Gasteiger partial charge >= 0.3 is 5.97 Å². The zero-order valence-corrected chi connectivity index (χ0v) is 11.8. The van der Waals surface area contributed by atoms with E-state index in [-0.39, 0.29) is 5.56 Å². The number of aromatic nitrogens is 2. The fourth-order valence-electron chi connectivity index (χ4n) is 2.07. The van der Waals surface area contributed by atoms with Gasteiger partial charge in [-0.3, -0.25) is 0 Å². The summed E-state index contributed by atoms with van der Waals surface area (Å²) in [6.07, 6.45) is 3.22. The first-order valence-electron chi connectivity index (χ1n) is 6.50. The van der Waals surface area contributed by atoms with Gasteiger partial charge in [0, 0.05) is 25.6 Å². The highest BCUT2D eigenvalue weighted by Crippen LogP contribution is 2.23. The maximum absolute atomic E-state index is 11.0. The minimum absolute atomic E-state index is 0.208. The van der Waals surface area contributed by atoms with Gasteiger partial charge in [0.25, 0.3) is 0 Å². The summed E-state index contributed by atoms with van der Waals surface area (Å²) in [5, 5.41) is 9.85. The summed E-state index contributed by atoms with van der Waals surface area (Å²) < 4.78 is 5.11. The van der Waals surface area contributed by atoms with Gasteiger partial charge in [-0.2, -0.15) is 0 Å². The highest BCUT2D eigenvalue weighted by atomic mass is 16.5. The summed E-state index contributed by atoms with van der Waals surface area (Å²) >= 11 is 0. The van der Waals surface area contributed by atoms with Gasteiger partial charge in [0.05, 0.1) is 17.7 Å². The molecule has 1 N–H and O–H groups in total. The topological polar surface area (TPSA) is 75.5 Å². The van der Waals surface area contributed by atoms with E-state index in [4.69, 9.17) is 9.84 Å². The van der Waals surface area contributed by atoms with E-state index in [0.717, 1.165) is 11.2 Å². The molecule has 0 saturated carbocycles. The third kappa shape index (κ3) is 3.35. The Hall–Kier alpha value is -2.47. The van der Waals surface area contributed by atoms with Crippen LogP contribution in [-0.4, -0.2) is 47.8 Å². The molecule has 0 unspecified atom stereocenters. The summed E-state index contributed by atoms with van der Waals surface area (Å²) in [4.78, 5) is 21.5. The van der Waals surface area contributed by atoms with Crippen molar-refractivity contribution in [3.05, 3.63) is 42.7 Å². The smallest absolute Gasteiger partial charge is 0.335 e. The molecule has 2 aromatic rings. The quantitative estimate of drug-likeness (QED) is 0.785. The normalized spacial score (nSPS) is 10.5. The molecule has 2 rings (SSSR count). The highest BCUT2D eigenvalue weighted by molar-refractivity contribution is 5.96. The Bertz CT molecular complexity index is 658. The molecule has 0 atom stereocenters. The molecule has 6 nitrogen and oxygen atoms in total. The SMILES string of the molecule is C=CCN(CCOC)c1ncnc2cc(C(=O)O)ccc12. The van der Waals surface area contributed by atoms with Gasteiger partial charge < -0.3 is 14.7 Å². The molecule has 0 radical (unpaired) electrons. The Morgan fingerprint density at radius 2 is 2.29 bits per heavy atom. The van der Waals surface area contributed by atoms with Crippen molar-refractivity contribution in [3.63, 3.8) is 0 Å². The molecule has 6 heteroatoms. The van der Waals surface area contributed by atoms with Crippen molar-refractivity contribution in [2.75, 3.05) is 31.7 Å². The van der Waals surface area contributed by atoms with E-state index in [1.165, 1.54) is 6.33 Å². The molecule has 0 aliphatic rings. The average Bonchev–Trinajstić information content (AvgIpc) is 2.50. The minimum Gasteiger partial charge on any atom is -0.478 e. The van der Waals surface area contributed by atoms with Gasteiger partial charge in [-0.05, 0) is 18.2 Å². The second-order valence-electron chi connectivity index (χ2n) is 4.46. The number of benzene rings is 1. The fourth-order valence-corrected chi connectivity index (χ4v) is 2.07. The van der Waals surface area contributed by atoms with Gasteiger partial charge in [0.15, 0.2) is 0 Å². The lowest BCUT2D eigenvalue weighted by atomic mass is 10.1. The van der Waals surface area contributed by atoms with Crippen molar-refractivity contribution in [1.82, 2.24) is 9.97 Å². The van der Waals surface area contributed by atoms with E-state index >= 15 is 0 Å². The van der Waals surface area contributed by atoms with Gasteiger partial charge in [-0.25, -0.2) is 14.8 Å². The Kier molecular flexibility index (Phi) is 4.84. The predicted molar refractivity (Wildman–Crippen MR) is 80.8 cm³/mol. The second-order valence-corrected chi connectivity index (χ2v) is 4.46. The first-order chi connectivity index (χ1) is 10.2. The third-order valence-corrected chi connectivity index (χ3v) is 3.08. The van der Waals surface area contributed by atoms with Crippen LogP contribution in [0.25, 0.3) is 10.9 Å². The third-order valence-electron chi connectivity index (χ3n) is 3.08. The molecule has 0 spiro atoms. The number of fused-ring (bicyclic) bond motifs is 1. The zero-order valence-electron chi connectivity index (χ0n) is 11.8. The standard InChI is InChI=1S/C15H17N3O3/c1-3-6-18(7-8-21-2)14-12-5-4-11(15(19)20)9-13(12)16-10-17-14/h3-5,9-10H,1,6-8H2,2H3,(H,19,20). The number of ether oxygens (including phenoxy) is 1. The number of rotatable bonds is 7. The summed E-state index contributed by atoms with van der Waals surface area (Å²) in [6, 6.07) is 4.84. The fraction of sp³-hybridized carbons (Fsp3) is 0.267. The number of aromatic carboxylic acids is 1. The molecule has 0 fully saturated rings. The maximum atomic E-state index is 11.0. The van der Waals surface area contributed by atoms with Crippen molar-refractivity contribution in [3.8, 4) is 0 Å². The molecule has 1 aromatic heterocycles. The van der Waals surface area contributed by atoms with Crippen molar-refractivity contribution >= 4 is 22.7 Å². The molecule has 0 saturated heterocycles. The van der Waals surface area contributed by atoms with E-state index in [1.807, 2.05) is 4.90 Å². The Morgan fingerprint density at radius 1 is 1.48 bits per heavy atom. The minimum atomic E-state index is -0.973. The van der Waals surface area contributed by atoms with E-state index in [1.54, 1.807) is 31.4 Å². The Labute approximate surface area is 122 Å². The van der Waals surface area contributed by atoms with Crippen LogP contribution in [0, 0.1) is 0 Å². The van der Waals surface area contributed by atoms with E-state index in [2.05, 4.69) is 16.5 Å². The number of carboxylic acid groups (broad SMARTS) is 1. The van der Waals surface area contributed by atoms with Crippen LogP contribution in [0.3, 0.4) is 0 Å². The molecule has 0 aliphatic heterocycles. The Balaban J connectivity index is 2.46. The van der Waals surface area contributed by atoms with E-state index in [0.29, 0.717) is 25.2 Å². The van der Waals surface area contributed by atoms with Crippen molar-refractivity contribution < 1.29 is 14.6 Å². The van der Waals surface area contributed by atoms with Gasteiger partial charge in [-0.15, -0.1) is 6.58 Å². The molecule has 21 heavy (non-hydrogen) atoms. The van der Waals surface area contributed by atoms with Gasteiger partial charge in [0.2, 0.25) is 0 Å². The first kappa shape index (κ1) is 14.9. The number of nitrogens with zero attached hydrogens (tertiary/aromatic N) is 3. The zero-order chi connectivity index (χ0) is 15.2. The monoisotopic (exact) mass is 287 g/mol. The number of hydrogen-bond donors (Lipinski definition) is 1. The lowest BCUT2D eigenvalue weighted by Gasteiger charge is -2.22. The van der Waals surface area contributed by atoms with Crippen LogP contribution in [0.15, 0.2) is 37.2 Å². The largest absolute Gasteiger partial charge is 0.478 e. The highest BCUT2D eigenvalue weighted by Gasteiger charge is 2.13. The average molecular weight is 287 g/mol. The number of carboxylic acids is 1. The first-order valence-corrected chi connectivity index (χ1v) is 6.50. The molecule has 0 bridgehead atoms. The van der Waals surface area contributed by atoms with Crippen LogP contribution >= 0.6 is 0 Å². The van der Waals surface area contributed by atoms with Crippen LogP contribution in [0.1, 0.15) is 10.4 Å². The van der Waals surface area contributed by atoms with Crippen molar-refractivity contribution in [1.29, 1.82) is 0 Å². The summed E-state index contributed by atoms with van der Waals surface area (Å²) in [5.74, 6) is -0.228. The summed E-state index contributed by atoms with van der Waals surface area (Å²) in [6.45, 7) is 5.59. The van der Waals surface area contributed by atoms with Crippen LogP contribution in [0.2, 0.25) is 0 Å².